The zero-order valence-electron chi connectivity index (χ0n) is 16.1. The van der Waals surface area contributed by atoms with Crippen molar-refractivity contribution in [2.75, 3.05) is 22.8 Å². The van der Waals surface area contributed by atoms with Crippen LogP contribution in [-0.4, -0.2) is 37.0 Å². The van der Waals surface area contributed by atoms with Crippen LogP contribution < -0.4 is 10.0 Å². The normalized spacial score (nSPS) is 13.0. The average Bonchev–Trinajstić information content (AvgIpc) is 3.00. The van der Waals surface area contributed by atoms with Crippen LogP contribution in [0.15, 0.2) is 72.8 Å². The smallest absolute Gasteiger partial charge is 0.232 e. The molecule has 0 spiro atoms. The van der Waals surface area contributed by atoms with E-state index < -0.39 is 16.1 Å². The van der Waals surface area contributed by atoms with Crippen LogP contribution in [0.1, 0.15) is 0 Å². The second-order valence-electron chi connectivity index (χ2n) is 7.18. The van der Waals surface area contributed by atoms with Crippen LogP contribution in [0.5, 0.6) is 0 Å². The Morgan fingerprint density at radius 2 is 1.45 bits per heavy atom. The number of aromatic nitrogens is 1. The molecule has 0 saturated carbocycles. The first-order valence-corrected chi connectivity index (χ1v) is 11.2. The largest absolute Gasteiger partial charge is 0.399 e. The van der Waals surface area contributed by atoms with Crippen LogP contribution >= 0.6 is 0 Å². The molecule has 0 amide bonds. The molecule has 1 heterocycles. The van der Waals surface area contributed by atoms with Crippen molar-refractivity contribution in [2.45, 2.75) is 12.6 Å². The molecule has 3 N–H and O–H groups in total. The fourth-order valence-electron chi connectivity index (χ4n) is 3.73. The van der Waals surface area contributed by atoms with Gasteiger partial charge in [-0.1, -0.05) is 36.4 Å². The summed E-state index contributed by atoms with van der Waals surface area (Å²) >= 11 is 0. The van der Waals surface area contributed by atoms with Crippen molar-refractivity contribution in [2.24, 2.45) is 0 Å². The summed E-state index contributed by atoms with van der Waals surface area (Å²) in [6.07, 6.45) is 0.234. The van der Waals surface area contributed by atoms with Gasteiger partial charge in [-0.25, -0.2) is 8.42 Å². The number of rotatable bonds is 6. The number of hydrogen-bond acceptors (Lipinski definition) is 4. The van der Waals surface area contributed by atoms with Gasteiger partial charge in [0.05, 0.1) is 31.1 Å². The highest BCUT2D eigenvalue weighted by Crippen LogP contribution is 2.29. The van der Waals surface area contributed by atoms with Crippen molar-refractivity contribution in [3.05, 3.63) is 72.8 Å². The van der Waals surface area contributed by atoms with Gasteiger partial charge in [0.2, 0.25) is 10.0 Å². The monoisotopic (exact) mass is 409 g/mol. The Morgan fingerprint density at radius 3 is 1.97 bits per heavy atom. The lowest BCUT2D eigenvalue weighted by molar-refractivity contribution is 0.166. The Balaban J connectivity index is 1.68. The Hall–Kier alpha value is -3.03. The van der Waals surface area contributed by atoms with Crippen molar-refractivity contribution < 1.29 is 13.5 Å². The summed E-state index contributed by atoms with van der Waals surface area (Å²) in [7, 11) is -3.57. The SMILES string of the molecule is CS(=O)(=O)N(CC(O)Cn1c2ccccc2c2ccccc21)c1ccc(N)cc1. The molecule has 4 rings (SSSR count). The van der Waals surface area contributed by atoms with Crippen molar-refractivity contribution in [1.29, 1.82) is 0 Å². The fraction of sp³-hybridized carbons (Fsp3) is 0.182. The third-order valence-corrected chi connectivity index (χ3v) is 6.19. The van der Waals surface area contributed by atoms with E-state index in [9.17, 15) is 13.5 Å². The van der Waals surface area contributed by atoms with E-state index in [1.165, 1.54) is 4.31 Å². The van der Waals surface area contributed by atoms with Crippen molar-refractivity contribution in [3.63, 3.8) is 0 Å². The molecule has 7 heteroatoms. The van der Waals surface area contributed by atoms with Crippen LogP contribution in [0.3, 0.4) is 0 Å². The molecular weight excluding hydrogens is 386 g/mol. The van der Waals surface area contributed by atoms with Gasteiger partial charge in [-0.2, -0.15) is 0 Å². The van der Waals surface area contributed by atoms with E-state index in [0.29, 0.717) is 11.4 Å². The van der Waals surface area contributed by atoms with E-state index >= 15 is 0 Å². The fourth-order valence-corrected chi connectivity index (χ4v) is 4.68. The second kappa shape index (κ2) is 7.42. The van der Waals surface area contributed by atoms with Gasteiger partial charge >= 0.3 is 0 Å². The Labute approximate surface area is 169 Å². The molecule has 3 aromatic carbocycles. The standard InChI is InChI=1S/C22H23N3O3S/c1-29(27,28)25(17-12-10-16(23)11-13-17)15-18(26)14-24-21-8-4-2-6-19(21)20-7-3-5-9-22(20)24/h2-13,18,26H,14-15,23H2,1H3. The summed E-state index contributed by atoms with van der Waals surface area (Å²) < 4.78 is 28.0. The van der Waals surface area contributed by atoms with E-state index in [2.05, 4.69) is 12.1 Å². The zero-order chi connectivity index (χ0) is 20.6. The molecule has 4 aromatic rings. The van der Waals surface area contributed by atoms with E-state index in [1.807, 2.05) is 41.0 Å². The minimum Gasteiger partial charge on any atom is -0.399 e. The minimum atomic E-state index is -3.57. The zero-order valence-corrected chi connectivity index (χ0v) is 16.9. The first-order valence-electron chi connectivity index (χ1n) is 9.32. The number of aliphatic hydroxyl groups is 1. The summed E-state index contributed by atoms with van der Waals surface area (Å²) in [5.74, 6) is 0. The van der Waals surface area contributed by atoms with Gasteiger partial charge in [0.15, 0.2) is 0 Å². The topological polar surface area (TPSA) is 88.6 Å². The molecule has 0 aliphatic carbocycles. The number of nitrogens with zero attached hydrogens (tertiary/aromatic N) is 2. The van der Waals surface area contributed by atoms with Gasteiger partial charge < -0.3 is 15.4 Å². The summed E-state index contributed by atoms with van der Waals surface area (Å²) in [5, 5.41) is 13.0. The number of benzene rings is 3. The van der Waals surface area contributed by atoms with Crippen LogP contribution in [0.25, 0.3) is 21.8 Å². The number of anilines is 2. The minimum absolute atomic E-state index is 0.0520. The molecule has 150 valence electrons. The molecule has 1 atom stereocenters. The van der Waals surface area contributed by atoms with Gasteiger partial charge in [0, 0.05) is 27.5 Å². The molecule has 0 bridgehead atoms. The number of hydrogen-bond donors (Lipinski definition) is 2. The molecule has 0 fully saturated rings. The molecule has 1 unspecified atom stereocenters. The predicted octanol–water partition coefficient (Wildman–Crippen LogP) is 3.20. The van der Waals surface area contributed by atoms with Gasteiger partial charge in [0.1, 0.15) is 0 Å². The lowest BCUT2D eigenvalue weighted by atomic mass is 10.2. The maximum Gasteiger partial charge on any atom is 0.232 e. The van der Waals surface area contributed by atoms with Crippen LogP contribution in [0.4, 0.5) is 11.4 Å². The highest BCUT2D eigenvalue weighted by Gasteiger charge is 2.22. The number of nitrogens with two attached hydrogens (primary N) is 1. The van der Waals surface area contributed by atoms with Crippen LogP contribution in [0, 0.1) is 0 Å². The average molecular weight is 410 g/mol. The molecule has 0 radical (unpaired) electrons. The van der Waals surface area contributed by atoms with E-state index in [1.54, 1.807) is 24.3 Å². The third-order valence-electron chi connectivity index (χ3n) is 5.03. The molecule has 1 aromatic heterocycles. The first-order chi connectivity index (χ1) is 13.8. The molecule has 6 nitrogen and oxygen atoms in total. The van der Waals surface area contributed by atoms with Crippen molar-refractivity contribution >= 4 is 43.2 Å². The van der Waals surface area contributed by atoms with E-state index in [0.717, 1.165) is 28.1 Å². The van der Waals surface area contributed by atoms with Crippen LogP contribution in [0.2, 0.25) is 0 Å². The maximum absolute atomic E-state index is 12.4. The lowest BCUT2D eigenvalue weighted by Crippen LogP contribution is -2.38. The van der Waals surface area contributed by atoms with Crippen LogP contribution in [-0.2, 0) is 16.6 Å². The number of fused-ring (bicyclic) bond motifs is 3. The maximum atomic E-state index is 12.4. The summed E-state index contributed by atoms with van der Waals surface area (Å²) in [6, 6.07) is 22.6. The number of aliphatic hydroxyl groups excluding tert-OH is 1. The molecule has 0 aliphatic heterocycles. The highest BCUT2D eigenvalue weighted by molar-refractivity contribution is 7.92. The first kappa shape index (κ1) is 19.3. The van der Waals surface area contributed by atoms with E-state index in [-0.39, 0.29) is 13.1 Å². The lowest BCUT2D eigenvalue weighted by Gasteiger charge is -2.26. The molecular formula is C22H23N3O3S. The molecule has 29 heavy (non-hydrogen) atoms. The second-order valence-corrected chi connectivity index (χ2v) is 9.09. The Kier molecular flexibility index (Phi) is 4.94. The summed E-state index contributed by atoms with van der Waals surface area (Å²) in [5.41, 5.74) is 8.75. The summed E-state index contributed by atoms with van der Waals surface area (Å²) in [6.45, 7) is 0.221. The van der Waals surface area contributed by atoms with Crippen molar-refractivity contribution in [1.82, 2.24) is 4.57 Å². The molecule has 0 aliphatic rings. The number of nitrogen functional groups attached to an aromatic ring is 1. The van der Waals surface area contributed by atoms with Crippen molar-refractivity contribution in [3.8, 4) is 0 Å². The highest BCUT2D eigenvalue weighted by atomic mass is 32.2. The quantitative estimate of drug-likeness (QED) is 0.479. The third kappa shape index (κ3) is 3.79. The Morgan fingerprint density at radius 1 is 0.931 bits per heavy atom. The van der Waals surface area contributed by atoms with Gasteiger partial charge in [-0.3, -0.25) is 4.31 Å². The van der Waals surface area contributed by atoms with Gasteiger partial charge in [-0.05, 0) is 36.4 Å². The number of para-hydroxylation sites is 2. The van der Waals surface area contributed by atoms with Gasteiger partial charge in [-0.15, -0.1) is 0 Å². The molecule has 0 saturated heterocycles. The van der Waals surface area contributed by atoms with E-state index in [4.69, 9.17) is 5.73 Å². The Bertz CT molecular complexity index is 1210. The van der Waals surface area contributed by atoms with Gasteiger partial charge in [0.25, 0.3) is 0 Å². The predicted molar refractivity (Wildman–Crippen MR) is 118 cm³/mol. The summed E-state index contributed by atoms with van der Waals surface area (Å²) in [4.78, 5) is 0. The number of sulfonamides is 1.